The Morgan fingerprint density at radius 2 is 2.11 bits per heavy atom. The fourth-order valence-corrected chi connectivity index (χ4v) is 1.88. The summed E-state index contributed by atoms with van der Waals surface area (Å²) in [5.41, 5.74) is 0.967. The van der Waals surface area contributed by atoms with Gasteiger partial charge >= 0.3 is 0 Å². The van der Waals surface area contributed by atoms with Crippen LogP contribution in [0.1, 0.15) is 15.9 Å². The molecular formula is C13H11BrN2O2. The molecule has 18 heavy (non-hydrogen) atoms. The maximum atomic E-state index is 12.1. The summed E-state index contributed by atoms with van der Waals surface area (Å²) in [6.45, 7) is 1.69. The molecule has 0 atom stereocenters. The molecule has 0 aliphatic rings. The lowest BCUT2D eigenvalue weighted by molar-refractivity contribution is 0.102. The molecule has 92 valence electrons. The van der Waals surface area contributed by atoms with Crippen LogP contribution in [0.4, 0.5) is 5.82 Å². The molecule has 1 heterocycles. The minimum atomic E-state index is -0.303. The number of pyridine rings is 1. The number of rotatable bonds is 2. The number of anilines is 1. The van der Waals surface area contributed by atoms with Crippen molar-refractivity contribution in [3.05, 3.63) is 52.1 Å². The van der Waals surface area contributed by atoms with Crippen molar-refractivity contribution in [1.82, 2.24) is 4.98 Å². The summed E-state index contributed by atoms with van der Waals surface area (Å²) in [6, 6.07) is 8.38. The van der Waals surface area contributed by atoms with Crippen molar-refractivity contribution in [2.45, 2.75) is 6.92 Å². The maximum Gasteiger partial charge on any atom is 0.257 e. The number of phenols is 1. The number of aromatic hydroxyl groups is 1. The molecule has 0 saturated heterocycles. The molecular weight excluding hydrogens is 296 g/mol. The van der Waals surface area contributed by atoms with Crippen LogP contribution in [0.15, 0.2) is 41.0 Å². The zero-order valence-corrected chi connectivity index (χ0v) is 11.2. The Morgan fingerprint density at radius 3 is 2.83 bits per heavy atom. The quantitative estimate of drug-likeness (QED) is 0.896. The van der Waals surface area contributed by atoms with Crippen molar-refractivity contribution in [2.24, 2.45) is 0 Å². The Balaban J connectivity index is 2.28. The highest BCUT2D eigenvalue weighted by atomic mass is 79.9. The van der Waals surface area contributed by atoms with Crippen LogP contribution in [0, 0.1) is 6.92 Å². The van der Waals surface area contributed by atoms with Crippen molar-refractivity contribution < 1.29 is 9.90 Å². The zero-order valence-electron chi connectivity index (χ0n) is 9.64. The average Bonchev–Trinajstić information content (AvgIpc) is 2.35. The Kier molecular flexibility index (Phi) is 3.62. The second-order valence-corrected chi connectivity index (χ2v) is 4.59. The van der Waals surface area contributed by atoms with Crippen LogP contribution in [-0.2, 0) is 0 Å². The van der Waals surface area contributed by atoms with E-state index in [1.165, 1.54) is 0 Å². The molecule has 1 aromatic carbocycles. The molecule has 0 spiro atoms. The third-order valence-corrected chi connectivity index (χ3v) is 3.18. The number of hydrogen-bond donors (Lipinski definition) is 2. The number of phenolic OH excluding ortho intramolecular Hbond substituents is 1. The van der Waals surface area contributed by atoms with Crippen LogP contribution < -0.4 is 5.32 Å². The first-order chi connectivity index (χ1) is 8.59. The minimum Gasteiger partial charge on any atom is -0.508 e. The van der Waals surface area contributed by atoms with Gasteiger partial charge in [-0.1, -0.05) is 6.07 Å². The minimum absolute atomic E-state index is 0.0998. The molecule has 0 saturated carbocycles. The molecule has 0 radical (unpaired) electrons. The molecule has 2 N–H and O–H groups in total. The second kappa shape index (κ2) is 5.18. The SMILES string of the molecule is Cc1c(O)cccc1C(=O)Nc1ncccc1Br. The lowest BCUT2D eigenvalue weighted by Gasteiger charge is -2.09. The first kappa shape index (κ1) is 12.6. The van der Waals surface area contributed by atoms with E-state index in [0.717, 1.165) is 0 Å². The predicted molar refractivity (Wildman–Crippen MR) is 72.7 cm³/mol. The summed E-state index contributed by atoms with van der Waals surface area (Å²) in [4.78, 5) is 16.1. The highest BCUT2D eigenvalue weighted by molar-refractivity contribution is 9.10. The van der Waals surface area contributed by atoms with Gasteiger partial charge in [-0.05, 0) is 47.1 Å². The van der Waals surface area contributed by atoms with Crippen molar-refractivity contribution >= 4 is 27.7 Å². The van der Waals surface area contributed by atoms with Gasteiger partial charge in [0.15, 0.2) is 0 Å². The van der Waals surface area contributed by atoms with Crippen LogP contribution in [0.3, 0.4) is 0 Å². The van der Waals surface area contributed by atoms with Crippen molar-refractivity contribution in [2.75, 3.05) is 5.32 Å². The van der Waals surface area contributed by atoms with Gasteiger partial charge < -0.3 is 10.4 Å². The molecule has 0 bridgehead atoms. The number of benzene rings is 1. The fourth-order valence-electron chi connectivity index (χ4n) is 1.52. The number of hydrogen-bond acceptors (Lipinski definition) is 3. The number of aromatic nitrogens is 1. The Morgan fingerprint density at radius 1 is 1.33 bits per heavy atom. The monoisotopic (exact) mass is 306 g/mol. The van der Waals surface area contributed by atoms with E-state index in [9.17, 15) is 9.90 Å². The van der Waals surface area contributed by atoms with Gasteiger partial charge in [0.2, 0.25) is 0 Å². The van der Waals surface area contributed by atoms with E-state index < -0.39 is 0 Å². The number of carbonyl (C=O) groups excluding carboxylic acids is 1. The number of nitrogens with one attached hydrogen (secondary N) is 1. The lowest BCUT2D eigenvalue weighted by Crippen LogP contribution is -2.14. The highest BCUT2D eigenvalue weighted by Crippen LogP contribution is 2.22. The molecule has 4 nitrogen and oxygen atoms in total. The van der Waals surface area contributed by atoms with Crippen LogP contribution >= 0.6 is 15.9 Å². The van der Waals surface area contributed by atoms with Gasteiger partial charge in [-0.25, -0.2) is 4.98 Å². The van der Waals surface area contributed by atoms with Crippen LogP contribution in [0.2, 0.25) is 0 Å². The molecule has 2 aromatic rings. The van der Waals surface area contributed by atoms with E-state index in [1.807, 2.05) is 0 Å². The van der Waals surface area contributed by atoms with Gasteiger partial charge in [0.05, 0.1) is 4.47 Å². The summed E-state index contributed by atoms with van der Waals surface area (Å²) in [5.74, 6) is 0.246. The summed E-state index contributed by atoms with van der Waals surface area (Å²) in [5, 5.41) is 12.3. The zero-order chi connectivity index (χ0) is 13.1. The maximum absolute atomic E-state index is 12.1. The third-order valence-electron chi connectivity index (χ3n) is 2.54. The van der Waals surface area contributed by atoms with Gasteiger partial charge in [-0.2, -0.15) is 0 Å². The normalized spacial score (nSPS) is 10.1. The standard InChI is InChI=1S/C13H11BrN2O2/c1-8-9(4-2-6-11(8)17)13(18)16-12-10(14)5-3-7-15-12/h2-7,17H,1H3,(H,15,16,18). The van der Waals surface area contributed by atoms with Crippen molar-refractivity contribution in [3.63, 3.8) is 0 Å². The number of carbonyl (C=O) groups is 1. The molecule has 0 unspecified atom stereocenters. The summed E-state index contributed by atoms with van der Waals surface area (Å²) in [6.07, 6.45) is 1.59. The van der Waals surface area contributed by atoms with E-state index in [-0.39, 0.29) is 11.7 Å². The largest absolute Gasteiger partial charge is 0.508 e. The van der Waals surface area contributed by atoms with E-state index in [4.69, 9.17) is 0 Å². The predicted octanol–water partition coefficient (Wildman–Crippen LogP) is 3.11. The van der Waals surface area contributed by atoms with E-state index in [1.54, 1.807) is 43.5 Å². The van der Waals surface area contributed by atoms with E-state index >= 15 is 0 Å². The van der Waals surface area contributed by atoms with Crippen molar-refractivity contribution in [1.29, 1.82) is 0 Å². The Hall–Kier alpha value is -1.88. The van der Waals surface area contributed by atoms with Crippen LogP contribution in [0.5, 0.6) is 5.75 Å². The topological polar surface area (TPSA) is 62.2 Å². The first-order valence-electron chi connectivity index (χ1n) is 5.30. The van der Waals surface area contributed by atoms with Crippen LogP contribution in [0.25, 0.3) is 0 Å². The Bertz CT molecular complexity index is 599. The Labute approximate surface area is 113 Å². The molecule has 0 fully saturated rings. The van der Waals surface area contributed by atoms with E-state index in [0.29, 0.717) is 21.4 Å². The summed E-state index contributed by atoms with van der Waals surface area (Å²) in [7, 11) is 0. The highest BCUT2D eigenvalue weighted by Gasteiger charge is 2.13. The molecule has 5 heteroatoms. The van der Waals surface area contributed by atoms with Crippen molar-refractivity contribution in [3.8, 4) is 5.75 Å². The number of amides is 1. The average molecular weight is 307 g/mol. The molecule has 2 rings (SSSR count). The third kappa shape index (κ3) is 2.51. The lowest BCUT2D eigenvalue weighted by atomic mass is 10.1. The van der Waals surface area contributed by atoms with Gasteiger partial charge in [0.1, 0.15) is 11.6 Å². The van der Waals surface area contributed by atoms with E-state index in [2.05, 4.69) is 26.2 Å². The van der Waals surface area contributed by atoms with Gasteiger partial charge in [0.25, 0.3) is 5.91 Å². The van der Waals surface area contributed by atoms with Gasteiger partial charge in [-0.3, -0.25) is 4.79 Å². The summed E-state index contributed by atoms with van der Waals surface area (Å²) < 4.78 is 0.705. The molecule has 0 aliphatic heterocycles. The van der Waals surface area contributed by atoms with Gasteiger partial charge in [0, 0.05) is 17.3 Å². The first-order valence-corrected chi connectivity index (χ1v) is 6.09. The number of halogens is 1. The molecule has 0 aliphatic carbocycles. The second-order valence-electron chi connectivity index (χ2n) is 3.74. The molecule has 1 aromatic heterocycles. The van der Waals surface area contributed by atoms with Gasteiger partial charge in [-0.15, -0.1) is 0 Å². The molecule has 1 amide bonds. The number of nitrogens with zero attached hydrogens (tertiary/aromatic N) is 1. The fraction of sp³-hybridized carbons (Fsp3) is 0.0769. The smallest absolute Gasteiger partial charge is 0.257 e. The van der Waals surface area contributed by atoms with Crippen LogP contribution in [-0.4, -0.2) is 16.0 Å². The summed E-state index contributed by atoms with van der Waals surface area (Å²) >= 11 is 3.30.